The Balaban J connectivity index is 4.69. The first-order valence-electron chi connectivity index (χ1n) is 8.47. The number of hydrogen-bond acceptors (Lipinski definition) is 1. The van der Waals surface area contributed by atoms with Gasteiger partial charge in [0.25, 0.3) is 0 Å². The van der Waals surface area contributed by atoms with E-state index in [-0.39, 0.29) is 12.5 Å². The SMILES string of the molecule is C=C(C)C(F)(F)C(F)(F)C(=C)C(C)OCC(C)C(C)CCC(C)C. The Kier molecular flexibility index (Phi) is 8.71. The van der Waals surface area contributed by atoms with Crippen molar-refractivity contribution < 1.29 is 22.3 Å². The van der Waals surface area contributed by atoms with Gasteiger partial charge in [0.15, 0.2) is 0 Å². The third-order valence-electron chi connectivity index (χ3n) is 4.60. The zero-order valence-electron chi connectivity index (χ0n) is 15.8. The van der Waals surface area contributed by atoms with Crippen molar-refractivity contribution in [2.75, 3.05) is 6.61 Å². The van der Waals surface area contributed by atoms with Crippen LogP contribution in [0.4, 0.5) is 17.6 Å². The molecule has 0 heterocycles. The lowest BCUT2D eigenvalue weighted by Gasteiger charge is -2.32. The van der Waals surface area contributed by atoms with E-state index in [1.165, 1.54) is 6.92 Å². The van der Waals surface area contributed by atoms with Crippen LogP contribution in [0.1, 0.15) is 54.4 Å². The van der Waals surface area contributed by atoms with Crippen LogP contribution in [-0.4, -0.2) is 24.6 Å². The molecule has 3 atom stereocenters. The van der Waals surface area contributed by atoms with Crippen molar-refractivity contribution in [2.45, 2.75) is 72.3 Å². The molecule has 0 rings (SSSR count). The number of ether oxygens (including phenoxy) is 1. The van der Waals surface area contributed by atoms with Crippen molar-refractivity contribution in [3.8, 4) is 0 Å². The number of halogens is 4. The van der Waals surface area contributed by atoms with Gasteiger partial charge in [-0.05, 0) is 37.2 Å². The van der Waals surface area contributed by atoms with E-state index in [9.17, 15) is 17.6 Å². The minimum Gasteiger partial charge on any atom is -0.374 e. The molecule has 142 valence electrons. The lowest BCUT2D eigenvalue weighted by molar-refractivity contribution is -0.169. The lowest BCUT2D eigenvalue weighted by Crippen LogP contribution is -2.45. The largest absolute Gasteiger partial charge is 0.374 e. The maximum Gasteiger partial charge on any atom is 0.337 e. The summed E-state index contributed by atoms with van der Waals surface area (Å²) in [6.07, 6.45) is 0.933. The fourth-order valence-corrected chi connectivity index (χ4v) is 2.17. The predicted molar refractivity (Wildman–Crippen MR) is 91.7 cm³/mol. The third kappa shape index (κ3) is 5.91. The molecule has 0 spiro atoms. The highest BCUT2D eigenvalue weighted by Crippen LogP contribution is 2.44. The second-order valence-electron chi connectivity index (χ2n) is 7.36. The van der Waals surface area contributed by atoms with Crippen LogP contribution < -0.4 is 0 Å². The van der Waals surface area contributed by atoms with Gasteiger partial charge in [-0.3, -0.25) is 0 Å². The van der Waals surface area contributed by atoms with Gasteiger partial charge in [-0.25, -0.2) is 0 Å². The van der Waals surface area contributed by atoms with Crippen LogP contribution in [0.25, 0.3) is 0 Å². The molecule has 24 heavy (non-hydrogen) atoms. The van der Waals surface area contributed by atoms with E-state index in [0.29, 0.717) is 11.8 Å². The van der Waals surface area contributed by atoms with Crippen molar-refractivity contribution in [3.63, 3.8) is 0 Å². The highest BCUT2D eigenvalue weighted by Gasteiger charge is 2.59. The molecule has 0 aliphatic carbocycles. The summed E-state index contributed by atoms with van der Waals surface area (Å²) >= 11 is 0. The summed E-state index contributed by atoms with van der Waals surface area (Å²) in [5.41, 5.74) is -1.81. The van der Waals surface area contributed by atoms with Gasteiger partial charge in [0.1, 0.15) is 0 Å². The van der Waals surface area contributed by atoms with E-state index in [1.807, 2.05) is 6.92 Å². The normalized spacial score (nSPS) is 16.8. The second kappa shape index (κ2) is 9.02. The van der Waals surface area contributed by atoms with E-state index in [1.54, 1.807) is 0 Å². The molecule has 5 heteroatoms. The number of rotatable bonds is 11. The molecule has 0 aromatic heterocycles. The molecule has 3 unspecified atom stereocenters. The topological polar surface area (TPSA) is 9.23 Å². The van der Waals surface area contributed by atoms with Crippen molar-refractivity contribution in [3.05, 3.63) is 24.3 Å². The first kappa shape index (κ1) is 23.2. The summed E-state index contributed by atoms with van der Waals surface area (Å²) in [6.45, 7) is 16.9. The van der Waals surface area contributed by atoms with Crippen LogP contribution in [-0.2, 0) is 4.74 Å². The van der Waals surface area contributed by atoms with Gasteiger partial charge in [-0.1, -0.05) is 53.7 Å². The summed E-state index contributed by atoms with van der Waals surface area (Å²) in [4.78, 5) is 0. The van der Waals surface area contributed by atoms with Gasteiger partial charge >= 0.3 is 11.8 Å². The van der Waals surface area contributed by atoms with Gasteiger partial charge in [-0.15, -0.1) is 0 Å². The van der Waals surface area contributed by atoms with Crippen molar-refractivity contribution in [2.24, 2.45) is 17.8 Å². The fraction of sp³-hybridized carbons (Fsp3) is 0.789. The Bertz CT molecular complexity index is 429. The highest BCUT2D eigenvalue weighted by atomic mass is 19.3. The molecule has 0 fully saturated rings. The van der Waals surface area contributed by atoms with Gasteiger partial charge in [0, 0.05) is 5.57 Å². The van der Waals surface area contributed by atoms with Crippen LogP contribution in [0.2, 0.25) is 0 Å². The Morgan fingerprint density at radius 3 is 1.79 bits per heavy atom. The smallest absolute Gasteiger partial charge is 0.337 e. The zero-order valence-corrected chi connectivity index (χ0v) is 15.8. The second-order valence-corrected chi connectivity index (χ2v) is 7.36. The molecule has 1 nitrogen and oxygen atoms in total. The molecule has 0 saturated carbocycles. The van der Waals surface area contributed by atoms with Crippen molar-refractivity contribution in [1.82, 2.24) is 0 Å². The molecule has 0 radical (unpaired) electrons. The standard InChI is InChI=1S/C19H32F4O/c1-12(2)9-10-14(5)15(6)11-24-17(8)16(7)19(22,23)18(20,21)13(3)4/h12,14-15,17H,3,7,9-11H2,1-2,4-6,8H3. The van der Waals surface area contributed by atoms with Gasteiger partial charge in [0.05, 0.1) is 12.7 Å². The lowest BCUT2D eigenvalue weighted by atomic mass is 9.89. The monoisotopic (exact) mass is 352 g/mol. The summed E-state index contributed by atoms with van der Waals surface area (Å²) in [6, 6.07) is 0. The average Bonchev–Trinajstić information content (AvgIpc) is 2.48. The molecule has 0 aromatic carbocycles. The number of alkyl halides is 4. The predicted octanol–water partition coefficient (Wildman–Crippen LogP) is 6.50. The Labute approximate surface area is 144 Å². The molecule has 0 aromatic rings. The minimum atomic E-state index is -4.38. The summed E-state index contributed by atoms with van der Waals surface area (Å²) < 4.78 is 60.8. The van der Waals surface area contributed by atoms with E-state index >= 15 is 0 Å². The minimum absolute atomic E-state index is 0.147. The Hall–Kier alpha value is -0.840. The van der Waals surface area contributed by atoms with E-state index in [2.05, 4.69) is 33.9 Å². The molecular weight excluding hydrogens is 320 g/mol. The molecule has 0 saturated heterocycles. The Morgan fingerprint density at radius 2 is 1.38 bits per heavy atom. The molecular formula is C19H32F4O. The molecule has 0 bridgehead atoms. The molecule has 0 aliphatic heterocycles. The maximum atomic E-state index is 14.0. The zero-order chi connectivity index (χ0) is 19.3. The maximum absolute atomic E-state index is 14.0. The number of hydrogen-bond donors (Lipinski definition) is 0. The van der Waals surface area contributed by atoms with Crippen LogP contribution in [0, 0.1) is 17.8 Å². The van der Waals surface area contributed by atoms with Crippen molar-refractivity contribution in [1.29, 1.82) is 0 Å². The van der Waals surface area contributed by atoms with Gasteiger partial charge in [0.2, 0.25) is 0 Å². The summed E-state index contributed by atoms with van der Waals surface area (Å²) in [7, 11) is 0. The fourth-order valence-electron chi connectivity index (χ4n) is 2.17. The third-order valence-corrected chi connectivity index (χ3v) is 4.60. The van der Waals surface area contributed by atoms with Crippen LogP contribution in [0.15, 0.2) is 24.3 Å². The van der Waals surface area contributed by atoms with Crippen LogP contribution >= 0.6 is 0 Å². The number of allylic oxidation sites excluding steroid dienone is 1. The quantitative estimate of drug-likeness (QED) is 0.304. The first-order valence-corrected chi connectivity index (χ1v) is 8.47. The van der Waals surface area contributed by atoms with E-state index in [0.717, 1.165) is 19.8 Å². The van der Waals surface area contributed by atoms with Crippen molar-refractivity contribution >= 4 is 0 Å². The average molecular weight is 352 g/mol. The molecule has 0 amide bonds. The first-order chi connectivity index (χ1) is 10.7. The van der Waals surface area contributed by atoms with Gasteiger partial charge in [-0.2, -0.15) is 17.6 Å². The summed E-state index contributed by atoms with van der Waals surface area (Å²) in [5.74, 6) is -7.61. The molecule has 0 aliphatic rings. The molecule has 0 N–H and O–H groups in total. The summed E-state index contributed by atoms with van der Waals surface area (Å²) in [5, 5.41) is 0. The highest BCUT2D eigenvalue weighted by molar-refractivity contribution is 5.25. The van der Waals surface area contributed by atoms with E-state index < -0.39 is 29.1 Å². The van der Waals surface area contributed by atoms with Gasteiger partial charge < -0.3 is 4.74 Å². The van der Waals surface area contributed by atoms with Crippen LogP contribution in [0.5, 0.6) is 0 Å². The van der Waals surface area contributed by atoms with Crippen LogP contribution in [0.3, 0.4) is 0 Å². The Morgan fingerprint density at radius 1 is 0.875 bits per heavy atom. The van der Waals surface area contributed by atoms with E-state index in [4.69, 9.17) is 4.74 Å².